The van der Waals surface area contributed by atoms with Crippen molar-refractivity contribution in [2.75, 3.05) is 13.2 Å². The highest BCUT2D eigenvalue weighted by molar-refractivity contribution is 5.85. The van der Waals surface area contributed by atoms with Gasteiger partial charge in [-0.05, 0) is 26.3 Å². The van der Waals surface area contributed by atoms with Crippen molar-refractivity contribution >= 4 is 36.8 Å². The summed E-state index contributed by atoms with van der Waals surface area (Å²) in [6.07, 6.45) is 0.972. The molecular weight excluding hydrogens is 257 g/mol. The summed E-state index contributed by atoms with van der Waals surface area (Å²) in [5, 5.41) is 8.76. The Morgan fingerprint density at radius 2 is 2.06 bits per heavy atom. The second-order valence-corrected chi connectivity index (χ2v) is 2.69. The number of nitrogens with zero attached hydrogens (tertiary/aromatic N) is 1. The number of halogens is 2. The third kappa shape index (κ3) is 9.82. The Labute approximate surface area is 107 Å². The Balaban J connectivity index is -0.000000845. The molecule has 0 aromatic heterocycles. The molecule has 16 heavy (non-hydrogen) atoms. The van der Waals surface area contributed by atoms with E-state index in [9.17, 15) is 4.79 Å². The molecule has 0 aromatic rings. The highest BCUT2D eigenvalue weighted by Gasteiger charge is 2.16. The summed E-state index contributed by atoms with van der Waals surface area (Å²) >= 11 is 0. The second kappa shape index (κ2) is 12.4. The lowest BCUT2D eigenvalue weighted by Gasteiger charge is -2.08. The molecule has 0 saturated carbocycles. The third-order valence-corrected chi connectivity index (χ3v) is 1.54. The lowest BCUT2D eigenvalue weighted by atomic mass is 10.2. The van der Waals surface area contributed by atoms with Crippen LogP contribution in [0.25, 0.3) is 0 Å². The van der Waals surface area contributed by atoms with Gasteiger partial charge < -0.3 is 21.3 Å². The first-order valence-corrected chi connectivity index (χ1v) is 4.50. The average Bonchev–Trinajstić information content (AvgIpc) is 2.12. The molecule has 0 rings (SSSR count). The molecule has 0 aliphatic rings. The number of aliphatic carboxylic acids is 1. The van der Waals surface area contributed by atoms with Crippen molar-refractivity contribution in [2.24, 2.45) is 16.5 Å². The van der Waals surface area contributed by atoms with Gasteiger partial charge >= 0.3 is 5.97 Å². The molecule has 0 aromatic carbocycles. The quantitative estimate of drug-likeness (QED) is 0.479. The molecule has 0 aliphatic heterocycles. The smallest absolute Gasteiger partial charge is 0.328 e. The molecule has 0 spiro atoms. The van der Waals surface area contributed by atoms with Crippen molar-refractivity contribution in [1.29, 1.82) is 0 Å². The number of carboxylic acid groups (broad SMARTS) is 1. The van der Waals surface area contributed by atoms with Crippen molar-refractivity contribution in [2.45, 2.75) is 25.8 Å². The summed E-state index contributed by atoms with van der Waals surface area (Å²) in [5.41, 5.74) is 10.6. The van der Waals surface area contributed by atoms with E-state index >= 15 is 0 Å². The SMILES string of the molecule is CCOC(N)=N[C@@H](CCCN)C(=O)O.Cl.Cl. The fraction of sp³-hybridized carbons (Fsp3) is 0.750. The minimum Gasteiger partial charge on any atom is -0.480 e. The first kappa shape index (κ1) is 20.7. The van der Waals surface area contributed by atoms with E-state index < -0.39 is 12.0 Å². The maximum atomic E-state index is 10.7. The number of ether oxygens (including phenoxy) is 1. The summed E-state index contributed by atoms with van der Waals surface area (Å²) in [6.45, 7) is 2.56. The predicted molar refractivity (Wildman–Crippen MR) is 67.5 cm³/mol. The number of hydrogen-bond acceptors (Lipinski definition) is 4. The minimum absolute atomic E-state index is 0. The minimum atomic E-state index is -1.01. The normalized spacial score (nSPS) is 12.0. The average molecular weight is 276 g/mol. The zero-order valence-electron chi connectivity index (χ0n) is 9.09. The number of carbonyl (C=O) groups is 1. The van der Waals surface area contributed by atoms with Crippen LogP contribution in [0, 0.1) is 0 Å². The summed E-state index contributed by atoms with van der Waals surface area (Å²) in [5.74, 6) is -1.01. The second-order valence-electron chi connectivity index (χ2n) is 2.69. The Bertz CT molecular complexity index is 215. The molecule has 6 nitrogen and oxygen atoms in total. The van der Waals surface area contributed by atoms with Crippen LogP contribution in [0.1, 0.15) is 19.8 Å². The fourth-order valence-corrected chi connectivity index (χ4v) is 0.893. The molecule has 0 heterocycles. The first-order chi connectivity index (χ1) is 6.61. The Hall–Kier alpha value is -0.720. The molecule has 98 valence electrons. The van der Waals surface area contributed by atoms with Gasteiger partial charge in [-0.3, -0.25) is 0 Å². The van der Waals surface area contributed by atoms with E-state index in [-0.39, 0.29) is 30.8 Å². The molecule has 0 saturated heterocycles. The van der Waals surface area contributed by atoms with Gasteiger partial charge in [-0.2, -0.15) is 0 Å². The number of amidine groups is 1. The van der Waals surface area contributed by atoms with Crippen LogP contribution in [-0.4, -0.2) is 36.3 Å². The molecule has 1 atom stereocenters. The van der Waals surface area contributed by atoms with Gasteiger partial charge in [0.05, 0.1) is 6.61 Å². The van der Waals surface area contributed by atoms with Crippen LogP contribution in [0.3, 0.4) is 0 Å². The number of aliphatic imine (C=N–C) groups is 1. The van der Waals surface area contributed by atoms with Gasteiger partial charge in [-0.15, -0.1) is 24.8 Å². The summed E-state index contributed by atoms with van der Waals surface area (Å²) in [7, 11) is 0. The molecule has 0 amide bonds. The van der Waals surface area contributed by atoms with Gasteiger partial charge in [0.1, 0.15) is 0 Å². The molecule has 0 unspecified atom stereocenters. The summed E-state index contributed by atoms with van der Waals surface area (Å²) < 4.78 is 4.84. The topological polar surface area (TPSA) is 111 Å². The van der Waals surface area contributed by atoms with E-state index in [2.05, 4.69) is 4.99 Å². The number of hydrogen-bond donors (Lipinski definition) is 3. The van der Waals surface area contributed by atoms with Gasteiger partial charge in [0, 0.05) is 0 Å². The van der Waals surface area contributed by atoms with Crippen LogP contribution >= 0.6 is 24.8 Å². The number of carboxylic acids is 1. The molecular formula is C8H19Cl2N3O3. The van der Waals surface area contributed by atoms with Gasteiger partial charge in [-0.25, -0.2) is 9.79 Å². The van der Waals surface area contributed by atoms with Gasteiger partial charge in [0.15, 0.2) is 6.04 Å². The fourth-order valence-electron chi connectivity index (χ4n) is 0.893. The van der Waals surface area contributed by atoms with Crippen molar-refractivity contribution in [1.82, 2.24) is 0 Å². The maximum absolute atomic E-state index is 10.7. The largest absolute Gasteiger partial charge is 0.480 e. The summed E-state index contributed by atoms with van der Waals surface area (Å²) in [4.78, 5) is 14.4. The van der Waals surface area contributed by atoms with Gasteiger partial charge in [0.25, 0.3) is 6.02 Å². The van der Waals surface area contributed by atoms with Crippen LogP contribution in [0.2, 0.25) is 0 Å². The van der Waals surface area contributed by atoms with Crippen LogP contribution in [0.5, 0.6) is 0 Å². The van der Waals surface area contributed by atoms with Crippen molar-refractivity contribution < 1.29 is 14.6 Å². The highest BCUT2D eigenvalue weighted by atomic mass is 35.5. The Morgan fingerprint density at radius 1 is 1.50 bits per heavy atom. The van der Waals surface area contributed by atoms with Crippen LogP contribution < -0.4 is 11.5 Å². The van der Waals surface area contributed by atoms with Crippen LogP contribution in [0.15, 0.2) is 4.99 Å². The molecule has 0 radical (unpaired) electrons. The van der Waals surface area contributed by atoms with E-state index in [0.717, 1.165) is 0 Å². The van der Waals surface area contributed by atoms with Gasteiger partial charge in [-0.1, -0.05) is 0 Å². The van der Waals surface area contributed by atoms with Crippen molar-refractivity contribution in [3.8, 4) is 0 Å². The molecule has 0 fully saturated rings. The highest BCUT2D eigenvalue weighted by Crippen LogP contribution is 2.01. The van der Waals surface area contributed by atoms with Crippen LogP contribution in [0.4, 0.5) is 0 Å². The molecule has 8 heteroatoms. The van der Waals surface area contributed by atoms with E-state index in [1.807, 2.05) is 0 Å². The maximum Gasteiger partial charge on any atom is 0.328 e. The number of nitrogens with two attached hydrogens (primary N) is 2. The van der Waals surface area contributed by atoms with E-state index in [1.54, 1.807) is 6.92 Å². The summed E-state index contributed by atoms with van der Waals surface area (Å²) in [6, 6.07) is -0.943. The molecule has 5 N–H and O–H groups in total. The van der Waals surface area contributed by atoms with Crippen molar-refractivity contribution in [3.63, 3.8) is 0 Å². The zero-order valence-corrected chi connectivity index (χ0v) is 10.7. The standard InChI is InChI=1S/C8H17N3O3.2ClH/c1-2-14-8(10)11-6(7(12)13)4-3-5-9;;/h6H,2-5,9H2,1H3,(H2,10,11)(H,12,13);2*1H/t6-;;/m0../s1. The Morgan fingerprint density at radius 3 is 2.44 bits per heavy atom. The zero-order chi connectivity index (χ0) is 11.0. The van der Waals surface area contributed by atoms with Crippen molar-refractivity contribution in [3.05, 3.63) is 0 Å². The monoisotopic (exact) mass is 275 g/mol. The first-order valence-electron chi connectivity index (χ1n) is 4.50. The third-order valence-electron chi connectivity index (χ3n) is 1.54. The van der Waals surface area contributed by atoms with E-state index in [4.69, 9.17) is 21.3 Å². The van der Waals surface area contributed by atoms with E-state index in [1.165, 1.54) is 0 Å². The predicted octanol–water partition coefficient (Wildman–Crippen LogP) is 0.373. The lowest BCUT2D eigenvalue weighted by molar-refractivity contribution is -0.138. The van der Waals surface area contributed by atoms with Crippen LogP contribution in [-0.2, 0) is 9.53 Å². The lowest BCUT2D eigenvalue weighted by Crippen LogP contribution is -2.25. The van der Waals surface area contributed by atoms with Gasteiger partial charge in [0.2, 0.25) is 0 Å². The number of rotatable bonds is 6. The molecule has 0 bridgehead atoms. The Kier molecular flexibility index (Phi) is 15.9. The van der Waals surface area contributed by atoms with E-state index in [0.29, 0.717) is 26.0 Å². The molecule has 0 aliphatic carbocycles.